The molecule has 0 spiro atoms. The third-order valence-electron chi connectivity index (χ3n) is 3.47. The molecule has 0 fully saturated rings. The molecule has 0 aliphatic heterocycles. The Labute approximate surface area is 138 Å². The normalized spacial score (nSPS) is 12.1. The Kier molecular flexibility index (Phi) is 4.42. The van der Waals surface area contributed by atoms with Gasteiger partial charge in [0.15, 0.2) is 0 Å². The van der Waals surface area contributed by atoms with Crippen molar-refractivity contribution in [3.05, 3.63) is 94.5 Å². The lowest BCUT2D eigenvalue weighted by Crippen LogP contribution is -1.93. The highest BCUT2D eigenvalue weighted by atomic mass is 79.9. The zero-order chi connectivity index (χ0) is 14.7. The van der Waals surface area contributed by atoms with Crippen LogP contribution in [0.2, 0.25) is 0 Å². The second-order valence-corrected chi connectivity index (χ2v) is 6.25. The van der Waals surface area contributed by atoms with Crippen molar-refractivity contribution in [3.63, 3.8) is 0 Å². The molecule has 0 saturated heterocycles. The molecule has 0 aliphatic rings. The molecule has 3 aromatic carbocycles. The fourth-order valence-electron chi connectivity index (χ4n) is 2.30. The van der Waals surface area contributed by atoms with Crippen LogP contribution in [0.5, 0.6) is 0 Å². The van der Waals surface area contributed by atoms with Crippen molar-refractivity contribution >= 4 is 27.5 Å². The summed E-state index contributed by atoms with van der Waals surface area (Å²) in [5.41, 5.74) is 4.64. The summed E-state index contributed by atoms with van der Waals surface area (Å²) in [6.45, 7) is 0. The van der Waals surface area contributed by atoms with Gasteiger partial charge in [-0.1, -0.05) is 82.7 Å². The summed E-state index contributed by atoms with van der Waals surface area (Å²) in [6, 6.07) is 26.9. The van der Waals surface area contributed by atoms with Crippen LogP contribution in [0.15, 0.2) is 83.3 Å². The van der Waals surface area contributed by atoms with Crippen LogP contribution in [0.3, 0.4) is 0 Å². The van der Waals surface area contributed by atoms with Gasteiger partial charge >= 0.3 is 0 Å². The van der Waals surface area contributed by atoms with Gasteiger partial charge in [-0.25, -0.2) is 0 Å². The van der Waals surface area contributed by atoms with Crippen LogP contribution in [0.4, 0.5) is 0 Å². The van der Waals surface area contributed by atoms with Gasteiger partial charge in [-0.3, -0.25) is 0 Å². The van der Waals surface area contributed by atoms with Crippen LogP contribution < -0.4 is 0 Å². The van der Waals surface area contributed by atoms with Crippen LogP contribution in [-0.4, -0.2) is 0 Å². The molecule has 0 N–H and O–H groups in total. The van der Waals surface area contributed by atoms with E-state index in [1.165, 1.54) is 11.1 Å². The van der Waals surface area contributed by atoms with Crippen molar-refractivity contribution in [3.8, 4) is 11.1 Å². The van der Waals surface area contributed by atoms with Gasteiger partial charge < -0.3 is 0 Å². The predicted molar refractivity (Wildman–Crippen MR) is 93.7 cm³/mol. The average Bonchev–Trinajstić information content (AvgIpc) is 2.56. The molecule has 2 heteroatoms. The minimum Gasteiger partial charge on any atom is -0.113 e. The molecule has 0 heterocycles. The standard InChI is InChI=1S/C19H14BrCl/c20-18-12-10-17(11-13-18)19(21)16-8-6-15(7-9-16)14-4-2-1-3-5-14/h1-13,19H. The molecule has 104 valence electrons. The van der Waals surface area contributed by atoms with Gasteiger partial charge in [0.05, 0.1) is 5.38 Å². The van der Waals surface area contributed by atoms with Crippen LogP contribution in [-0.2, 0) is 0 Å². The maximum Gasteiger partial charge on any atom is 0.0835 e. The van der Waals surface area contributed by atoms with E-state index in [0.717, 1.165) is 15.6 Å². The van der Waals surface area contributed by atoms with Crippen LogP contribution >= 0.6 is 27.5 Å². The molecule has 3 aromatic rings. The van der Waals surface area contributed by atoms with Gasteiger partial charge in [-0.2, -0.15) is 0 Å². The molecule has 3 rings (SSSR count). The molecule has 0 nitrogen and oxygen atoms in total. The first-order valence-corrected chi connectivity index (χ1v) is 8.02. The molecule has 1 unspecified atom stereocenters. The van der Waals surface area contributed by atoms with Crippen molar-refractivity contribution < 1.29 is 0 Å². The summed E-state index contributed by atoms with van der Waals surface area (Å²) in [4.78, 5) is 0. The molecule has 0 bridgehead atoms. The van der Waals surface area contributed by atoms with Gasteiger partial charge in [0.2, 0.25) is 0 Å². The minimum atomic E-state index is -0.122. The van der Waals surface area contributed by atoms with E-state index >= 15 is 0 Å². The summed E-state index contributed by atoms with van der Waals surface area (Å²) >= 11 is 10.0. The highest BCUT2D eigenvalue weighted by molar-refractivity contribution is 9.10. The van der Waals surface area contributed by atoms with Crippen molar-refractivity contribution in [2.24, 2.45) is 0 Å². The van der Waals surface area contributed by atoms with Gasteiger partial charge in [-0.05, 0) is 34.4 Å². The van der Waals surface area contributed by atoms with Crippen molar-refractivity contribution in [1.82, 2.24) is 0 Å². The zero-order valence-corrected chi connectivity index (χ0v) is 13.7. The first-order chi connectivity index (χ1) is 10.2. The van der Waals surface area contributed by atoms with E-state index in [1.54, 1.807) is 0 Å². The lowest BCUT2D eigenvalue weighted by Gasteiger charge is -2.11. The van der Waals surface area contributed by atoms with Crippen molar-refractivity contribution in [2.45, 2.75) is 5.38 Å². The Morgan fingerprint density at radius 2 is 1.10 bits per heavy atom. The summed E-state index contributed by atoms with van der Waals surface area (Å²) in [5, 5.41) is -0.122. The quantitative estimate of drug-likeness (QED) is 0.473. The Morgan fingerprint density at radius 3 is 1.67 bits per heavy atom. The topological polar surface area (TPSA) is 0 Å². The maximum absolute atomic E-state index is 6.57. The number of alkyl halides is 1. The molecule has 0 saturated carbocycles. The van der Waals surface area contributed by atoms with Crippen LogP contribution in [0.25, 0.3) is 11.1 Å². The number of benzene rings is 3. The largest absolute Gasteiger partial charge is 0.113 e. The fourth-order valence-corrected chi connectivity index (χ4v) is 2.85. The van der Waals surface area contributed by atoms with E-state index in [9.17, 15) is 0 Å². The molecular formula is C19H14BrCl. The summed E-state index contributed by atoms with van der Waals surface area (Å²) in [5.74, 6) is 0. The number of rotatable bonds is 3. The van der Waals surface area contributed by atoms with E-state index in [-0.39, 0.29) is 5.38 Å². The van der Waals surface area contributed by atoms with E-state index < -0.39 is 0 Å². The average molecular weight is 358 g/mol. The minimum absolute atomic E-state index is 0.122. The first-order valence-electron chi connectivity index (χ1n) is 6.79. The molecule has 0 aliphatic carbocycles. The number of hydrogen-bond acceptors (Lipinski definition) is 0. The van der Waals surface area contributed by atoms with E-state index in [2.05, 4.69) is 64.5 Å². The smallest absolute Gasteiger partial charge is 0.0835 e. The molecule has 0 amide bonds. The van der Waals surface area contributed by atoms with Crippen molar-refractivity contribution in [1.29, 1.82) is 0 Å². The third kappa shape index (κ3) is 3.37. The molecule has 0 aromatic heterocycles. The Bertz CT molecular complexity index is 703. The summed E-state index contributed by atoms with van der Waals surface area (Å²) in [7, 11) is 0. The lowest BCUT2D eigenvalue weighted by molar-refractivity contribution is 1.14. The van der Waals surface area contributed by atoms with Crippen LogP contribution in [0.1, 0.15) is 16.5 Å². The van der Waals surface area contributed by atoms with Gasteiger partial charge in [0.1, 0.15) is 0 Å². The first kappa shape index (κ1) is 14.4. The molecular weight excluding hydrogens is 344 g/mol. The van der Waals surface area contributed by atoms with E-state index in [4.69, 9.17) is 11.6 Å². The van der Waals surface area contributed by atoms with Gasteiger partial charge in [0, 0.05) is 4.47 Å². The highest BCUT2D eigenvalue weighted by Crippen LogP contribution is 2.31. The Balaban J connectivity index is 1.85. The fraction of sp³-hybridized carbons (Fsp3) is 0.0526. The highest BCUT2D eigenvalue weighted by Gasteiger charge is 2.10. The van der Waals surface area contributed by atoms with E-state index in [0.29, 0.717) is 0 Å². The number of hydrogen-bond donors (Lipinski definition) is 0. The Morgan fingerprint density at radius 1 is 0.619 bits per heavy atom. The third-order valence-corrected chi connectivity index (χ3v) is 4.51. The Hall–Kier alpha value is -1.57. The van der Waals surface area contributed by atoms with Gasteiger partial charge in [0.25, 0.3) is 0 Å². The zero-order valence-electron chi connectivity index (χ0n) is 11.3. The molecule has 0 radical (unpaired) electrons. The molecule has 1 atom stereocenters. The lowest BCUT2D eigenvalue weighted by atomic mass is 10.00. The summed E-state index contributed by atoms with van der Waals surface area (Å²) < 4.78 is 1.06. The second-order valence-electron chi connectivity index (χ2n) is 4.90. The summed E-state index contributed by atoms with van der Waals surface area (Å²) in [6.07, 6.45) is 0. The van der Waals surface area contributed by atoms with Gasteiger partial charge in [-0.15, -0.1) is 11.6 Å². The monoisotopic (exact) mass is 356 g/mol. The second kappa shape index (κ2) is 6.46. The SMILES string of the molecule is ClC(c1ccc(Br)cc1)c1ccc(-c2ccccc2)cc1. The number of halogens is 2. The van der Waals surface area contributed by atoms with Crippen molar-refractivity contribution in [2.75, 3.05) is 0 Å². The van der Waals surface area contributed by atoms with E-state index in [1.807, 2.05) is 30.3 Å². The predicted octanol–water partition coefficient (Wildman–Crippen LogP) is 6.44. The molecule has 21 heavy (non-hydrogen) atoms. The maximum atomic E-state index is 6.57. The van der Waals surface area contributed by atoms with Crippen LogP contribution in [0, 0.1) is 0 Å².